The van der Waals surface area contributed by atoms with Gasteiger partial charge in [0.1, 0.15) is 4.60 Å². The molecule has 0 amide bonds. The van der Waals surface area contributed by atoms with Crippen LogP contribution in [0.2, 0.25) is 18.1 Å². The number of aromatic nitrogens is 1. The molecule has 0 aliphatic carbocycles. The maximum atomic E-state index is 12.2. The molecule has 0 atom stereocenters. The minimum Gasteiger partial charge on any atom is -0.465 e. The molecule has 3 rings (SSSR count). The van der Waals surface area contributed by atoms with Gasteiger partial charge in [-0.1, -0.05) is 75.4 Å². The van der Waals surface area contributed by atoms with Gasteiger partial charge in [-0.2, -0.15) is 0 Å². The third kappa shape index (κ3) is 5.37. The van der Waals surface area contributed by atoms with Gasteiger partial charge in [0.15, 0.2) is 8.32 Å². The van der Waals surface area contributed by atoms with Gasteiger partial charge in [0.05, 0.1) is 25.0 Å². The van der Waals surface area contributed by atoms with Crippen molar-refractivity contribution in [2.45, 2.75) is 45.5 Å². The second-order valence-corrected chi connectivity index (χ2v) is 14.9. The number of hydrogen-bond donors (Lipinski definition) is 0. The predicted molar refractivity (Wildman–Crippen MR) is 136 cm³/mol. The summed E-state index contributed by atoms with van der Waals surface area (Å²) in [7, 11) is -0.438. The van der Waals surface area contributed by atoms with E-state index in [2.05, 4.69) is 74.1 Å². The smallest absolute Gasteiger partial charge is 0.340 e. The monoisotopic (exact) mass is 511 g/mol. The van der Waals surface area contributed by atoms with E-state index in [0.717, 1.165) is 27.9 Å². The summed E-state index contributed by atoms with van der Waals surface area (Å²) in [6.07, 6.45) is 0. The van der Waals surface area contributed by atoms with E-state index in [9.17, 15) is 4.79 Å². The number of nitrogens with zero attached hydrogens (tertiary/aromatic N) is 1. The summed E-state index contributed by atoms with van der Waals surface area (Å²) in [4.78, 5) is 17.0. The Kier molecular flexibility index (Phi) is 7.38. The maximum Gasteiger partial charge on any atom is 0.340 e. The molecule has 1 heterocycles. The first-order chi connectivity index (χ1) is 15.0. The highest BCUT2D eigenvalue weighted by molar-refractivity contribution is 9.10. The van der Waals surface area contributed by atoms with Crippen LogP contribution in [0.1, 0.15) is 36.7 Å². The first-order valence-corrected chi connectivity index (χ1v) is 14.3. The van der Waals surface area contributed by atoms with Crippen LogP contribution in [-0.4, -0.2) is 26.4 Å². The van der Waals surface area contributed by atoms with E-state index in [4.69, 9.17) is 14.1 Å². The minimum atomic E-state index is -1.81. The van der Waals surface area contributed by atoms with Crippen LogP contribution < -0.4 is 0 Å². The van der Waals surface area contributed by atoms with Gasteiger partial charge in [-0.3, -0.25) is 0 Å². The molecule has 0 radical (unpaired) electrons. The van der Waals surface area contributed by atoms with Crippen LogP contribution in [0.3, 0.4) is 0 Å². The number of methoxy groups -OCH3 is 1. The number of rotatable bonds is 6. The number of pyridine rings is 1. The highest BCUT2D eigenvalue weighted by atomic mass is 79.9. The van der Waals surface area contributed by atoms with Crippen molar-refractivity contribution in [1.82, 2.24) is 4.98 Å². The highest BCUT2D eigenvalue weighted by Gasteiger charge is 2.37. The van der Waals surface area contributed by atoms with Crippen molar-refractivity contribution in [3.8, 4) is 22.4 Å². The summed E-state index contributed by atoms with van der Waals surface area (Å²) >= 11 is 3.44. The van der Waals surface area contributed by atoms with Gasteiger partial charge in [-0.15, -0.1) is 0 Å². The van der Waals surface area contributed by atoms with Crippen molar-refractivity contribution in [2.75, 3.05) is 7.11 Å². The van der Waals surface area contributed by atoms with E-state index < -0.39 is 14.3 Å². The van der Waals surface area contributed by atoms with Crippen molar-refractivity contribution < 1.29 is 14.0 Å². The summed E-state index contributed by atoms with van der Waals surface area (Å²) in [5, 5.41) is 0.176. The molecule has 1 aromatic heterocycles. The number of carbonyl (C=O) groups is 1. The Morgan fingerprint density at radius 3 is 2.19 bits per heavy atom. The molecule has 0 aliphatic heterocycles. The molecule has 0 aliphatic rings. The third-order valence-corrected chi connectivity index (χ3v) is 11.2. The van der Waals surface area contributed by atoms with Crippen LogP contribution in [0.4, 0.5) is 0 Å². The second-order valence-electron chi connectivity index (χ2n) is 9.33. The van der Waals surface area contributed by atoms with Crippen molar-refractivity contribution in [3.63, 3.8) is 0 Å². The SMILES string of the molecule is COC(=O)c1cc(-c2ccccc2)c(-c2ccc(CO[Si](C)(C)C(C)(C)C)cc2)nc1Br. The van der Waals surface area contributed by atoms with Gasteiger partial charge < -0.3 is 9.16 Å². The van der Waals surface area contributed by atoms with Gasteiger partial charge in [0, 0.05) is 11.1 Å². The standard InChI is InChI=1S/C26H30BrNO3Si/c1-26(2,3)32(5,6)31-17-18-12-14-20(15-13-18)23-21(19-10-8-7-9-11-19)16-22(24(27)28-23)25(29)30-4/h7-16H,17H2,1-6H3. The molecule has 3 aromatic rings. The number of halogens is 1. The summed E-state index contributed by atoms with van der Waals surface area (Å²) < 4.78 is 11.7. The number of carbonyl (C=O) groups excluding carboxylic acids is 1. The summed E-state index contributed by atoms with van der Waals surface area (Å²) in [5.74, 6) is -0.425. The van der Waals surface area contributed by atoms with Crippen molar-refractivity contribution in [1.29, 1.82) is 0 Å². The van der Waals surface area contributed by atoms with Crippen molar-refractivity contribution in [2.24, 2.45) is 0 Å². The third-order valence-electron chi connectivity index (χ3n) is 6.10. The second kappa shape index (κ2) is 9.69. The molecule has 0 saturated heterocycles. The van der Waals surface area contributed by atoms with E-state index in [1.807, 2.05) is 36.4 Å². The molecular weight excluding hydrogens is 482 g/mol. The summed E-state index contributed by atoms with van der Waals surface area (Å²) in [6.45, 7) is 11.9. The van der Waals surface area contributed by atoms with E-state index in [1.54, 1.807) is 0 Å². The maximum absolute atomic E-state index is 12.2. The topological polar surface area (TPSA) is 48.4 Å². The molecular formula is C26H30BrNO3Si. The van der Waals surface area contributed by atoms with Gasteiger partial charge in [-0.25, -0.2) is 9.78 Å². The van der Waals surface area contributed by atoms with E-state index in [-0.39, 0.29) is 5.04 Å². The zero-order valence-electron chi connectivity index (χ0n) is 19.5. The molecule has 32 heavy (non-hydrogen) atoms. The largest absolute Gasteiger partial charge is 0.465 e. The summed E-state index contributed by atoms with van der Waals surface area (Å²) in [6, 6.07) is 20.1. The molecule has 4 nitrogen and oxygen atoms in total. The van der Waals surface area contributed by atoms with Crippen LogP contribution in [0, 0.1) is 0 Å². The van der Waals surface area contributed by atoms with Gasteiger partial charge in [-0.05, 0) is 51.3 Å². The molecule has 0 saturated carbocycles. The Bertz CT molecular complexity index is 1090. The lowest BCUT2D eigenvalue weighted by atomic mass is 9.97. The molecule has 2 aromatic carbocycles. The fourth-order valence-corrected chi connectivity index (χ4v) is 4.46. The Morgan fingerprint density at radius 2 is 1.62 bits per heavy atom. The lowest BCUT2D eigenvalue weighted by Gasteiger charge is -2.36. The summed E-state index contributed by atoms with van der Waals surface area (Å²) in [5.41, 5.74) is 5.15. The van der Waals surface area contributed by atoms with Crippen LogP contribution in [0.15, 0.2) is 65.3 Å². The normalized spacial score (nSPS) is 12.0. The van der Waals surface area contributed by atoms with Crippen molar-refractivity contribution in [3.05, 3.63) is 76.4 Å². The van der Waals surface area contributed by atoms with Gasteiger partial charge in [0.2, 0.25) is 0 Å². The van der Waals surface area contributed by atoms with E-state index >= 15 is 0 Å². The predicted octanol–water partition coefficient (Wildman–Crippen LogP) is 7.49. The lowest BCUT2D eigenvalue weighted by molar-refractivity contribution is 0.0599. The van der Waals surface area contributed by atoms with Crippen LogP contribution in [0.25, 0.3) is 22.4 Å². The molecule has 6 heteroatoms. The van der Waals surface area contributed by atoms with Crippen LogP contribution in [0.5, 0.6) is 0 Å². The minimum absolute atomic E-state index is 0.176. The Balaban J connectivity index is 1.97. The zero-order valence-corrected chi connectivity index (χ0v) is 22.1. The molecule has 0 bridgehead atoms. The molecule has 0 N–H and O–H groups in total. The van der Waals surface area contributed by atoms with E-state index in [1.165, 1.54) is 7.11 Å². The van der Waals surface area contributed by atoms with Crippen LogP contribution in [-0.2, 0) is 15.8 Å². The lowest BCUT2D eigenvalue weighted by Crippen LogP contribution is -2.40. The molecule has 168 valence electrons. The number of benzene rings is 2. The molecule has 0 unspecified atom stereocenters. The Morgan fingerprint density at radius 1 is 1.00 bits per heavy atom. The Labute approximate surface area is 200 Å². The first kappa shape index (κ1) is 24.4. The first-order valence-electron chi connectivity index (χ1n) is 10.6. The van der Waals surface area contributed by atoms with Crippen LogP contribution >= 0.6 is 15.9 Å². The fraction of sp³-hybridized carbons (Fsp3) is 0.308. The van der Waals surface area contributed by atoms with Gasteiger partial charge in [0.25, 0.3) is 0 Å². The molecule has 0 fully saturated rings. The zero-order chi connectivity index (χ0) is 23.5. The Hall–Kier alpha value is -2.28. The average Bonchev–Trinajstić information content (AvgIpc) is 2.77. The van der Waals surface area contributed by atoms with Gasteiger partial charge >= 0.3 is 5.97 Å². The fourth-order valence-electron chi connectivity index (χ4n) is 3.04. The number of hydrogen-bond acceptors (Lipinski definition) is 4. The number of esters is 1. The van der Waals surface area contributed by atoms with E-state index in [0.29, 0.717) is 16.8 Å². The highest BCUT2D eigenvalue weighted by Crippen LogP contribution is 2.37. The molecule has 0 spiro atoms. The number of ether oxygens (including phenoxy) is 1. The van der Waals surface area contributed by atoms with Crippen molar-refractivity contribution >= 4 is 30.2 Å². The average molecular weight is 513 g/mol. The quantitative estimate of drug-likeness (QED) is 0.195.